The fourth-order valence-electron chi connectivity index (χ4n) is 3.33. The maximum Gasteiger partial charge on any atom is 0.128 e. The van der Waals surface area contributed by atoms with E-state index in [4.69, 9.17) is 4.98 Å². The van der Waals surface area contributed by atoms with Crippen LogP contribution in [0.25, 0.3) is 0 Å². The highest BCUT2D eigenvalue weighted by Gasteiger charge is 2.18. The molecule has 1 N–H and O–H groups in total. The van der Waals surface area contributed by atoms with Gasteiger partial charge in [-0.25, -0.2) is 4.98 Å². The summed E-state index contributed by atoms with van der Waals surface area (Å²) in [7, 11) is 0. The largest absolute Gasteiger partial charge is 0.357 e. The lowest BCUT2D eigenvalue weighted by Crippen LogP contribution is -2.31. The maximum absolute atomic E-state index is 4.72. The van der Waals surface area contributed by atoms with E-state index in [-0.39, 0.29) is 0 Å². The number of hydrogen-bond acceptors (Lipinski definition) is 3. The van der Waals surface area contributed by atoms with Crippen molar-refractivity contribution < 1.29 is 0 Å². The van der Waals surface area contributed by atoms with Gasteiger partial charge < -0.3 is 10.2 Å². The molecule has 2 saturated heterocycles. The molecule has 2 fully saturated rings. The molecule has 104 valence electrons. The van der Waals surface area contributed by atoms with E-state index < -0.39 is 0 Å². The Balaban J connectivity index is 1.76. The third kappa shape index (κ3) is 2.92. The predicted molar refractivity (Wildman–Crippen MR) is 79.6 cm³/mol. The first-order valence-electron chi connectivity index (χ1n) is 7.79. The topological polar surface area (TPSA) is 28.2 Å². The normalized spacial score (nSPS) is 24.5. The monoisotopic (exact) mass is 259 g/mol. The van der Waals surface area contributed by atoms with Gasteiger partial charge in [-0.1, -0.05) is 6.42 Å². The van der Waals surface area contributed by atoms with Gasteiger partial charge in [0.25, 0.3) is 0 Å². The molecule has 0 aliphatic carbocycles. The number of nitrogens with zero attached hydrogens (tertiary/aromatic N) is 2. The molecule has 3 heteroatoms. The molecule has 2 aliphatic heterocycles. The molecule has 2 aliphatic rings. The molecule has 0 saturated carbocycles. The third-order valence-electron chi connectivity index (χ3n) is 4.50. The van der Waals surface area contributed by atoms with E-state index in [0.29, 0.717) is 6.04 Å². The zero-order valence-corrected chi connectivity index (χ0v) is 12.0. The van der Waals surface area contributed by atoms with Gasteiger partial charge in [-0.2, -0.15) is 0 Å². The summed E-state index contributed by atoms with van der Waals surface area (Å²) in [6, 6.07) is 2.81. The Morgan fingerprint density at radius 1 is 1.16 bits per heavy atom. The lowest BCUT2D eigenvalue weighted by atomic mass is 9.95. The highest BCUT2D eigenvalue weighted by atomic mass is 15.2. The molecule has 0 unspecified atom stereocenters. The second-order valence-electron chi connectivity index (χ2n) is 5.95. The van der Waals surface area contributed by atoms with Crippen molar-refractivity contribution in [3.8, 4) is 0 Å². The van der Waals surface area contributed by atoms with Crippen molar-refractivity contribution in [1.82, 2.24) is 10.3 Å². The standard InChI is InChI=1S/C16H25N3/c1-13-11-16(19-9-5-2-6-10-19)18-12-14(13)15-7-3-4-8-17-15/h11-12,15,17H,2-10H2,1H3/t15-/m0/s1. The zero-order valence-electron chi connectivity index (χ0n) is 12.0. The molecule has 1 aromatic heterocycles. The van der Waals surface area contributed by atoms with Crippen molar-refractivity contribution in [2.24, 2.45) is 0 Å². The highest BCUT2D eigenvalue weighted by molar-refractivity contribution is 5.44. The van der Waals surface area contributed by atoms with Gasteiger partial charge in [0.05, 0.1) is 0 Å². The quantitative estimate of drug-likeness (QED) is 0.884. The number of pyridine rings is 1. The molecule has 3 nitrogen and oxygen atoms in total. The number of piperidine rings is 2. The van der Waals surface area contributed by atoms with Crippen LogP contribution in [0.1, 0.15) is 55.7 Å². The molecule has 0 radical (unpaired) electrons. The zero-order chi connectivity index (χ0) is 13.1. The van der Waals surface area contributed by atoms with Gasteiger partial charge in [-0.05, 0) is 62.8 Å². The lowest BCUT2D eigenvalue weighted by molar-refractivity contribution is 0.410. The molecule has 3 heterocycles. The van der Waals surface area contributed by atoms with E-state index in [1.807, 2.05) is 0 Å². The molecule has 0 amide bonds. The van der Waals surface area contributed by atoms with Crippen molar-refractivity contribution in [2.45, 2.75) is 51.5 Å². The average molecular weight is 259 g/mol. The Hall–Kier alpha value is -1.09. The molecule has 0 bridgehead atoms. The van der Waals surface area contributed by atoms with Crippen LogP contribution in [-0.2, 0) is 0 Å². The van der Waals surface area contributed by atoms with Crippen molar-refractivity contribution in [1.29, 1.82) is 0 Å². The van der Waals surface area contributed by atoms with Crippen LogP contribution in [0.15, 0.2) is 12.3 Å². The van der Waals surface area contributed by atoms with E-state index >= 15 is 0 Å². The van der Waals surface area contributed by atoms with Gasteiger partial charge in [0.15, 0.2) is 0 Å². The Labute approximate surface area is 116 Å². The van der Waals surface area contributed by atoms with Gasteiger partial charge in [-0.3, -0.25) is 0 Å². The first-order chi connectivity index (χ1) is 9.34. The summed E-state index contributed by atoms with van der Waals surface area (Å²) < 4.78 is 0. The van der Waals surface area contributed by atoms with Crippen molar-refractivity contribution in [3.63, 3.8) is 0 Å². The molecule has 3 rings (SSSR count). The van der Waals surface area contributed by atoms with Crippen LogP contribution in [0.2, 0.25) is 0 Å². The van der Waals surface area contributed by atoms with Gasteiger partial charge >= 0.3 is 0 Å². The van der Waals surface area contributed by atoms with E-state index in [9.17, 15) is 0 Å². The van der Waals surface area contributed by atoms with Crippen LogP contribution in [0, 0.1) is 6.92 Å². The van der Waals surface area contributed by atoms with Crippen LogP contribution in [0.4, 0.5) is 5.82 Å². The van der Waals surface area contributed by atoms with Gasteiger partial charge in [0, 0.05) is 25.3 Å². The summed E-state index contributed by atoms with van der Waals surface area (Å²) in [6.45, 7) is 5.74. The summed E-state index contributed by atoms with van der Waals surface area (Å²) in [5.74, 6) is 1.18. The fourth-order valence-corrected chi connectivity index (χ4v) is 3.33. The minimum Gasteiger partial charge on any atom is -0.357 e. The number of nitrogens with one attached hydrogen (secondary N) is 1. The minimum atomic E-state index is 0.525. The van der Waals surface area contributed by atoms with Gasteiger partial charge in [0.2, 0.25) is 0 Å². The molecule has 1 atom stereocenters. The summed E-state index contributed by atoms with van der Waals surface area (Å²) in [5.41, 5.74) is 2.80. The van der Waals surface area contributed by atoms with Crippen LogP contribution in [0.3, 0.4) is 0 Å². The molecule has 1 aromatic rings. The number of rotatable bonds is 2. The van der Waals surface area contributed by atoms with Gasteiger partial charge in [-0.15, -0.1) is 0 Å². The molecular weight excluding hydrogens is 234 g/mol. The van der Waals surface area contributed by atoms with Crippen LogP contribution < -0.4 is 10.2 Å². The number of aromatic nitrogens is 1. The van der Waals surface area contributed by atoms with Crippen LogP contribution in [0.5, 0.6) is 0 Å². The SMILES string of the molecule is Cc1cc(N2CCCCC2)ncc1[C@@H]1CCCCN1. The van der Waals surface area contributed by atoms with E-state index in [0.717, 1.165) is 6.54 Å². The predicted octanol–water partition coefficient (Wildman–Crippen LogP) is 3.19. The summed E-state index contributed by atoms with van der Waals surface area (Å²) >= 11 is 0. The highest BCUT2D eigenvalue weighted by Crippen LogP contribution is 2.27. The van der Waals surface area contributed by atoms with Crippen LogP contribution in [-0.4, -0.2) is 24.6 Å². The first kappa shape index (κ1) is 12.9. The van der Waals surface area contributed by atoms with Gasteiger partial charge in [0.1, 0.15) is 5.82 Å². The Morgan fingerprint density at radius 3 is 2.68 bits per heavy atom. The smallest absolute Gasteiger partial charge is 0.128 e. The van der Waals surface area contributed by atoms with Crippen molar-refractivity contribution >= 4 is 5.82 Å². The van der Waals surface area contributed by atoms with Crippen LogP contribution >= 0.6 is 0 Å². The minimum absolute atomic E-state index is 0.525. The summed E-state index contributed by atoms with van der Waals surface area (Å²) in [6.07, 6.45) is 10.0. The second kappa shape index (κ2) is 5.91. The molecule has 0 aromatic carbocycles. The Morgan fingerprint density at radius 2 is 2.00 bits per heavy atom. The van der Waals surface area contributed by atoms with E-state index in [1.165, 1.54) is 68.6 Å². The molecule has 0 spiro atoms. The summed E-state index contributed by atoms with van der Waals surface area (Å²) in [4.78, 5) is 7.16. The second-order valence-corrected chi connectivity index (χ2v) is 5.95. The van der Waals surface area contributed by atoms with Crippen molar-refractivity contribution in [3.05, 3.63) is 23.4 Å². The number of aryl methyl sites for hydroxylation is 1. The Kier molecular flexibility index (Phi) is 4.02. The summed E-state index contributed by atoms with van der Waals surface area (Å²) in [5, 5.41) is 3.62. The van der Waals surface area contributed by atoms with E-state index in [2.05, 4.69) is 29.4 Å². The number of hydrogen-bond donors (Lipinski definition) is 1. The lowest BCUT2D eigenvalue weighted by Gasteiger charge is -2.29. The first-order valence-corrected chi connectivity index (χ1v) is 7.79. The number of anilines is 1. The molecular formula is C16H25N3. The molecule has 19 heavy (non-hydrogen) atoms. The van der Waals surface area contributed by atoms with Crippen molar-refractivity contribution in [2.75, 3.05) is 24.5 Å². The Bertz CT molecular complexity index is 418. The fraction of sp³-hybridized carbons (Fsp3) is 0.688. The maximum atomic E-state index is 4.72. The average Bonchev–Trinajstić information content (AvgIpc) is 2.49. The third-order valence-corrected chi connectivity index (χ3v) is 4.50. The van der Waals surface area contributed by atoms with E-state index in [1.54, 1.807) is 0 Å².